The standard InChI is InChI=1S/C57H37N5/c1-3-16-38(17-4-1)55-58-56(39-18-5-2-6-19-39)60-57(59-55)42-27-30-44-41(32-42)21-13-25-49(44)62-50-24-12-11-23-46(50)47-34-48-53(35-52(47)62)61(43-29-26-36-14-7-8-20-40(36)33-43)51-31-28-37-15-9-10-22-45(37)54(48)51/h1-6,8-13,15-35H,7,14H2. The number of para-hydroxylation sites is 1. The zero-order valence-electron chi connectivity index (χ0n) is 33.7. The van der Waals surface area contributed by atoms with Crippen LogP contribution in [0.3, 0.4) is 0 Å². The van der Waals surface area contributed by atoms with Gasteiger partial charge in [-0.3, -0.25) is 0 Å². The summed E-state index contributed by atoms with van der Waals surface area (Å²) in [6, 6.07) is 67.6. The highest BCUT2D eigenvalue weighted by Gasteiger charge is 2.22. The molecule has 3 heterocycles. The van der Waals surface area contributed by atoms with Gasteiger partial charge in [-0.25, -0.2) is 15.0 Å². The Labute approximate surface area is 357 Å². The lowest BCUT2D eigenvalue weighted by Crippen LogP contribution is -2.00. The van der Waals surface area contributed by atoms with Gasteiger partial charge in [-0.2, -0.15) is 0 Å². The van der Waals surface area contributed by atoms with Crippen molar-refractivity contribution in [2.45, 2.75) is 12.8 Å². The molecule has 12 aromatic rings. The van der Waals surface area contributed by atoms with Crippen LogP contribution >= 0.6 is 0 Å². The van der Waals surface area contributed by atoms with Crippen molar-refractivity contribution < 1.29 is 0 Å². The topological polar surface area (TPSA) is 48.5 Å². The summed E-state index contributed by atoms with van der Waals surface area (Å²) in [5.74, 6) is 1.94. The van der Waals surface area contributed by atoms with E-state index in [1.165, 1.54) is 71.2 Å². The van der Waals surface area contributed by atoms with Crippen LogP contribution in [0.5, 0.6) is 0 Å². The van der Waals surface area contributed by atoms with Gasteiger partial charge in [0.15, 0.2) is 17.5 Å². The highest BCUT2D eigenvalue weighted by atomic mass is 15.0. The summed E-state index contributed by atoms with van der Waals surface area (Å²) in [6.07, 6.45) is 6.76. The van der Waals surface area contributed by atoms with Gasteiger partial charge in [-0.15, -0.1) is 0 Å². The molecule has 0 atom stereocenters. The molecule has 1 aliphatic rings. The molecule has 0 saturated heterocycles. The first-order valence-electron chi connectivity index (χ1n) is 21.3. The molecule has 5 heteroatoms. The molecule has 0 N–H and O–H groups in total. The van der Waals surface area contributed by atoms with Gasteiger partial charge >= 0.3 is 0 Å². The van der Waals surface area contributed by atoms with Crippen LogP contribution in [0.1, 0.15) is 17.5 Å². The molecule has 0 bridgehead atoms. The maximum atomic E-state index is 5.05. The Hall–Kier alpha value is -8.15. The molecule has 5 nitrogen and oxygen atoms in total. The number of nitrogens with zero attached hydrogens (tertiary/aromatic N) is 5. The minimum absolute atomic E-state index is 0.641. The SMILES string of the molecule is C1=Cc2cc(-n3c4cc5c(cc4c4c6ccccc6ccc43)c3ccccc3n5-c3cccc4cc(-c5nc(-c6ccccc6)nc(-c6ccccc6)n5)ccc34)ccc2CC1. The third-order valence-corrected chi connectivity index (χ3v) is 12.8. The average Bonchev–Trinajstić information content (AvgIpc) is 3.85. The van der Waals surface area contributed by atoms with Gasteiger partial charge in [0.05, 0.1) is 27.8 Å². The van der Waals surface area contributed by atoms with Crippen LogP contribution in [0.15, 0.2) is 194 Å². The van der Waals surface area contributed by atoms with Gasteiger partial charge in [0.1, 0.15) is 0 Å². The first-order chi connectivity index (χ1) is 30.7. The molecule has 3 aromatic heterocycles. The van der Waals surface area contributed by atoms with Crippen molar-refractivity contribution in [3.8, 4) is 45.5 Å². The monoisotopic (exact) mass is 791 g/mol. The summed E-state index contributed by atoms with van der Waals surface area (Å²) in [5.41, 5.74) is 12.6. The Balaban J connectivity index is 1.05. The molecule has 0 radical (unpaired) electrons. The molecule has 1 aliphatic carbocycles. The molecule has 0 aliphatic heterocycles. The first kappa shape index (κ1) is 34.7. The van der Waals surface area contributed by atoms with E-state index in [2.05, 4.69) is 149 Å². The summed E-state index contributed by atoms with van der Waals surface area (Å²) in [4.78, 5) is 15.0. The maximum absolute atomic E-state index is 5.05. The van der Waals surface area contributed by atoms with Crippen molar-refractivity contribution in [1.82, 2.24) is 24.1 Å². The normalized spacial score (nSPS) is 12.6. The van der Waals surface area contributed by atoms with Crippen molar-refractivity contribution in [2.75, 3.05) is 0 Å². The molecule has 290 valence electrons. The van der Waals surface area contributed by atoms with Crippen molar-refractivity contribution in [3.05, 3.63) is 205 Å². The van der Waals surface area contributed by atoms with Crippen LogP contribution in [0.4, 0.5) is 0 Å². The van der Waals surface area contributed by atoms with Crippen LogP contribution in [-0.2, 0) is 6.42 Å². The summed E-state index contributed by atoms with van der Waals surface area (Å²) in [6.45, 7) is 0. The third-order valence-electron chi connectivity index (χ3n) is 12.8. The number of fused-ring (bicyclic) bond motifs is 10. The molecular formula is C57H37N5. The van der Waals surface area contributed by atoms with Crippen molar-refractivity contribution in [3.63, 3.8) is 0 Å². The third kappa shape index (κ3) is 5.38. The summed E-state index contributed by atoms with van der Waals surface area (Å²) >= 11 is 0. The Bertz CT molecular complexity index is 3740. The average molecular weight is 792 g/mol. The van der Waals surface area contributed by atoms with E-state index in [4.69, 9.17) is 15.0 Å². The minimum atomic E-state index is 0.641. The Morgan fingerprint density at radius 3 is 1.89 bits per heavy atom. The van der Waals surface area contributed by atoms with E-state index in [9.17, 15) is 0 Å². The molecule has 0 fully saturated rings. The fourth-order valence-corrected chi connectivity index (χ4v) is 9.88. The van der Waals surface area contributed by atoms with Crippen LogP contribution in [0, 0.1) is 0 Å². The lowest BCUT2D eigenvalue weighted by molar-refractivity contribution is 0.982. The van der Waals surface area contributed by atoms with E-state index in [-0.39, 0.29) is 0 Å². The highest BCUT2D eigenvalue weighted by molar-refractivity contribution is 6.25. The zero-order valence-corrected chi connectivity index (χ0v) is 33.7. The molecule has 9 aromatic carbocycles. The van der Waals surface area contributed by atoms with Gasteiger partial charge < -0.3 is 9.13 Å². The van der Waals surface area contributed by atoms with Gasteiger partial charge in [0, 0.05) is 49.3 Å². The molecule has 62 heavy (non-hydrogen) atoms. The predicted molar refractivity (Wildman–Crippen MR) is 257 cm³/mol. The fourth-order valence-electron chi connectivity index (χ4n) is 9.88. The quantitative estimate of drug-likeness (QED) is 0.174. The van der Waals surface area contributed by atoms with Crippen molar-refractivity contribution >= 4 is 71.2 Å². The molecule has 0 saturated carbocycles. The summed E-state index contributed by atoms with van der Waals surface area (Å²) < 4.78 is 4.95. The van der Waals surface area contributed by atoms with Crippen molar-refractivity contribution in [1.29, 1.82) is 0 Å². The Morgan fingerprint density at radius 2 is 1.08 bits per heavy atom. The lowest BCUT2D eigenvalue weighted by atomic mass is 9.97. The second-order valence-corrected chi connectivity index (χ2v) is 16.3. The molecule has 13 rings (SSSR count). The van der Waals surface area contributed by atoms with Crippen LogP contribution in [0.2, 0.25) is 0 Å². The first-order valence-corrected chi connectivity index (χ1v) is 21.3. The number of allylic oxidation sites excluding steroid dienone is 1. The number of aryl methyl sites for hydroxylation is 1. The lowest BCUT2D eigenvalue weighted by Gasteiger charge is -2.15. The maximum Gasteiger partial charge on any atom is 0.164 e. The summed E-state index contributed by atoms with van der Waals surface area (Å²) in [5, 5.41) is 9.76. The fraction of sp³-hybridized carbons (Fsp3) is 0.0351. The van der Waals surface area contributed by atoms with Gasteiger partial charge in [-0.1, -0.05) is 152 Å². The molecule has 0 spiro atoms. The predicted octanol–water partition coefficient (Wildman–Crippen LogP) is 14.3. The second kappa shape index (κ2) is 13.7. The number of hydrogen-bond acceptors (Lipinski definition) is 3. The van der Waals surface area contributed by atoms with E-state index in [0.29, 0.717) is 17.5 Å². The number of rotatable bonds is 5. The number of aromatic nitrogens is 5. The van der Waals surface area contributed by atoms with E-state index in [1.807, 2.05) is 60.7 Å². The largest absolute Gasteiger partial charge is 0.309 e. The molecular weight excluding hydrogens is 755 g/mol. The number of hydrogen-bond donors (Lipinski definition) is 0. The van der Waals surface area contributed by atoms with Gasteiger partial charge in [0.2, 0.25) is 0 Å². The van der Waals surface area contributed by atoms with Gasteiger partial charge in [-0.05, 0) is 88.7 Å². The van der Waals surface area contributed by atoms with E-state index in [1.54, 1.807) is 0 Å². The smallest absolute Gasteiger partial charge is 0.164 e. The molecule has 0 unspecified atom stereocenters. The van der Waals surface area contributed by atoms with E-state index >= 15 is 0 Å². The van der Waals surface area contributed by atoms with E-state index < -0.39 is 0 Å². The highest BCUT2D eigenvalue weighted by Crippen LogP contribution is 2.43. The second-order valence-electron chi connectivity index (χ2n) is 16.3. The van der Waals surface area contributed by atoms with Gasteiger partial charge in [0.25, 0.3) is 0 Å². The zero-order chi connectivity index (χ0) is 40.7. The van der Waals surface area contributed by atoms with Crippen LogP contribution in [-0.4, -0.2) is 24.1 Å². The number of benzene rings is 9. The Kier molecular flexibility index (Phi) is 7.66. The van der Waals surface area contributed by atoms with Crippen LogP contribution < -0.4 is 0 Å². The molecule has 0 amide bonds. The minimum Gasteiger partial charge on any atom is -0.309 e. The Morgan fingerprint density at radius 1 is 0.387 bits per heavy atom. The van der Waals surface area contributed by atoms with Crippen molar-refractivity contribution in [2.24, 2.45) is 0 Å². The van der Waals surface area contributed by atoms with Crippen LogP contribution in [0.25, 0.3) is 117 Å². The van der Waals surface area contributed by atoms with E-state index in [0.717, 1.165) is 46.0 Å². The summed E-state index contributed by atoms with van der Waals surface area (Å²) in [7, 11) is 0.